The summed E-state index contributed by atoms with van der Waals surface area (Å²) in [6.45, 7) is 3.55. The predicted octanol–water partition coefficient (Wildman–Crippen LogP) is 2.70. The number of methoxy groups -OCH3 is 1. The fraction of sp³-hybridized carbons (Fsp3) is 0.375. The molecule has 0 aliphatic carbocycles. The molecule has 2 aliphatic heterocycles. The van der Waals surface area contributed by atoms with Gasteiger partial charge in [-0.1, -0.05) is 6.07 Å². The zero-order valence-electron chi connectivity index (χ0n) is 17.7. The Kier molecular flexibility index (Phi) is 5.10. The largest absolute Gasteiger partial charge is 0.497 e. The van der Waals surface area contributed by atoms with Crippen molar-refractivity contribution in [2.45, 2.75) is 25.8 Å². The summed E-state index contributed by atoms with van der Waals surface area (Å²) >= 11 is 0. The number of carbonyl (C=O) groups excluding carboxylic acids is 1. The molecule has 3 heterocycles. The number of hydrogen-bond donors (Lipinski definition) is 0. The number of carbonyl (C=O) groups is 1. The van der Waals surface area contributed by atoms with Crippen LogP contribution in [-0.4, -0.2) is 53.6 Å². The third kappa shape index (κ3) is 3.65. The van der Waals surface area contributed by atoms with Crippen LogP contribution in [0.15, 0.2) is 47.3 Å². The van der Waals surface area contributed by atoms with Gasteiger partial charge in [0.1, 0.15) is 11.6 Å². The molecule has 0 atom stereocenters. The summed E-state index contributed by atoms with van der Waals surface area (Å²) in [5.41, 5.74) is 2.33. The lowest BCUT2D eigenvalue weighted by atomic mass is 10.1. The SMILES string of the molecule is COc1cccc(N2CCN(C(=O)c3ccc4c(=O)n5c(nc4c3)CCCC5)CC2)c1. The van der Waals surface area contributed by atoms with Crippen LogP contribution in [0.3, 0.4) is 0 Å². The van der Waals surface area contributed by atoms with Crippen molar-refractivity contribution in [3.63, 3.8) is 0 Å². The normalized spacial score (nSPS) is 16.3. The van der Waals surface area contributed by atoms with Gasteiger partial charge in [-0.25, -0.2) is 4.98 Å². The quantitative estimate of drug-likeness (QED) is 0.654. The number of aromatic nitrogens is 2. The maximum atomic E-state index is 13.1. The molecule has 1 saturated heterocycles. The number of nitrogens with zero attached hydrogens (tertiary/aromatic N) is 4. The summed E-state index contributed by atoms with van der Waals surface area (Å²) in [6.07, 6.45) is 2.88. The number of fused-ring (bicyclic) bond motifs is 2. The molecule has 31 heavy (non-hydrogen) atoms. The van der Waals surface area contributed by atoms with E-state index in [4.69, 9.17) is 9.72 Å². The highest BCUT2D eigenvalue weighted by Gasteiger charge is 2.23. The van der Waals surface area contributed by atoms with Gasteiger partial charge in [-0.15, -0.1) is 0 Å². The fourth-order valence-corrected chi connectivity index (χ4v) is 4.53. The molecule has 0 N–H and O–H groups in total. The van der Waals surface area contributed by atoms with E-state index in [2.05, 4.69) is 11.0 Å². The van der Waals surface area contributed by atoms with E-state index >= 15 is 0 Å². The molecule has 7 heteroatoms. The van der Waals surface area contributed by atoms with E-state index in [0.717, 1.165) is 56.2 Å². The Morgan fingerprint density at radius 3 is 2.65 bits per heavy atom. The molecule has 0 spiro atoms. The highest BCUT2D eigenvalue weighted by atomic mass is 16.5. The number of amides is 1. The van der Waals surface area contributed by atoms with Crippen LogP contribution in [0, 0.1) is 0 Å². The number of ether oxygens (including phenoxy) is 1. The molecule has 5 rings (SSSR count). The van der Waals surface area contributed by atoms with Gasteiger partial charge >= 0.3 is 0 Å². The molecular formula is C24H26N4O3. The Hall–Kier alpha value is -3.35. The lowest BCUT2D eigenvalue weighted by molar-refractivity contribution is 0.0747. The van der Waals surface area contributed by atoms with Gasteiger partial charge in [0.25, 0.3) is 11.5 Å². The first-order valence-corrected chi connectivity index (χ1v) is 10.9. The van der Waals surface area contributed by atoms with E-state index in [0.29, 0.717) is 29.6 Å². The first kappa shape index (κ1) is 19.6. The van der Waals surface area contributed by atoms with Gasteiger partial charge in [0, 0.05) is 56.5 Å². The van der Waals surface area contributed by atoms with Crippen molar-refractivity contribution in [1.82, 2.24) is 14.5 Å². The minimum atomic E-state index is -0.00758. The Morgan fingerprint density at radius 2 is 1.84 bits per heavy atom. The lowest BCUT2D eigenvalue weighted by Gasteiger charge is -2.36. The molecule has 1 aromatic heterocycles. The van der Waals surface area contributed by atoms with E-state index in [1.54, 1.807) is 29.9 Å². The summed E-state index contributed by atoms with van der Waals surface area (Å²) in [5.74, 6) is 1.66. The first-order chi connectivity index (χ1) is 15.1. The molecule has 0 saturated carbocycles. The van der Waals surface area contributed by atoms with Gasteiger partial charge in [0.05, 0.1) is 18.0 Å². The third-order valence-electron chi connectivity index (χ3n) is 6.30. The van der Waals surface area contributed by atoms with Gasteiger partial charge < -0.3 is 14.5 Å². The average Bonchev–Trinajstić information content (AvgIpc) is 2.83. The highest BCUT2D eigenvalue weighted by molar-refractivity contribution is 5.97. The standard InChI is InChI=1S/C24H26N4O3/c1-31-19-6-4-5-18(16-19)26-11-13-27(14-12-26)23(29)17-8-9-20-21(15-17)25-22-7-2-3-10-28(22)24(20)30/h4-6,8-9,15-16H,2-3,7,10-14H2,1H3. The van der Waals surface area contributed by atoms with Gasteiger partial charge in [-0.2, -0.15) is 0 Å². The molecule has 1 amide bonds. The van der Waals surface area contributed by atoms with E-state index in [-0.39, 0.29) is 11.5 Å². The van der Waals surface area contributed by atoms with Crippen molar-refractivity contribution in [1.29, 1.82) is 0 Å². The van der Waals surface area contributed by atoms with E-state index < -0.39 is 0 Å². The zero-order valence-corrected chi connectivity index (χ0v) is 17.7. The molecule has 0 bridgehead atoms. The van der Waals surface area contributed by atoms with Crippen molar-refractivity contribution in [2.75, 3.05) is 38.2 Å². The van der Waals surface area contributed by atoms with Crippen LogP contribution >= 0.6 is 0 Å². The maximum absolute atomic E-state index is 13.1. The van der Waals surface area contributed by atoms with Gasteiger partial charge in [0.2, 0.25) is 0 Å². The molecule has 1 fully saturated rings. The van der Waals surface area contributed by atoms with Crippen LogP contribution in [0.25, 0.3) is 10.9 Å². The Labute approximate surface area is 180 Å². The van der Waals surface area contributed by atoms with Crippen molar-refractivity contribution >= 4 is 22.5 Å². The molecular weight excluding hydrogens is 392 g/mol. The summed E-state index contributed by atoms with van der Waals surface area (Å²) in [5, 5.41) is 0.588. The maximum Gasteiger partial charge on any atom is 0.261 e. The minimum absolute atomic E-state index is 0.00519. The summed E-state index contributed by atoms with van der Waals surface area (Å²) in [7, 11) is 1.67. The van der Waals surface area contributed by atoms with Crippen molar-refractivity contribution in [3.05, 3.63) is 64.2 Å². The minimum Gasteiger partial charge on any atom is -0.497 e. The highest BCUT2D eigenvalue weighted by Crippen LogP contribution is 2.23. The molecule has 2 aliphatic rings. The van der Waals surface area contributed by atoms with Crippen LogP contribution < -0.4 is 15.2 Å². The van der Waals surface area contributed by atoms with Crippen LogP contribution in [0.5, 0.6) is 5.75 Å². The monoisotopic (exact) mass is 418 g/mol. The molecule has 0 radical (unpaired) electrons. The van der Waals surface area contributed by atoms with Crippen LogP contribution in [0.4, 0.5) is 5.69 Å². The summed E-state index contributed by atoms with van der Waals surface area (Å²) < 4.78 is 7.10. The molecule has 160 valence electrons. The predicted molar refractivity (Wildman–Crippen MR) is 120 cm³/mol. The van der Waals surface area contributed by atoms with Crippen LogP contribution in [0.2, 0.25) is 0 Å². The smallest absolute Gasteiger partial charge is 0.261 e. The second kappa shape index (κ2) is 8.06. The summed E-state index contributed by atoms with van der Waals surface area (Å²) in [6, 6.07) is 13.3. The second-order valence-electron chi connectivity index (χ2n) is 8.15. The van der Waals surface area contributed by atoms with Crippen molar-refractivity contribution in [3.8, 4) is 5.75 Å². The van der Waals surface area contributed by atoms with E-state index in [9.17, 15) is 9.59 Å². The molecule has 0 unspecified atom stereocenters. The van der Waals surface area contributed by atoms with Crippen LogP contribution in [-0.2, 0) is 13.0 Å². The van der Waals surface area contributed by atoms with Crippen molar-refractivity contribution < 1.29 is 9.53 Å². The lowest BCUT2D eigenvalue weighted by Crippen LogP contribution is -2.48. The van der Waals surface area contributed by atoms with Crippen LogP contribution in [0.1, 0.15) is 29.0 Å². The van der Waals surface area contributed by atoms with Crippen molar-refractivity contribution in [2.24, 2.45) is 0 Å². The number of anilines is 1. The van der Waals surface area contributed by atoms with E-state index in [1.807, 2.05) is 23.1 Å². The van der Waals surface area contributed by atoms with Gasteiger partial charge in [0.15, 0.2) is 0 Å². The van der Waals surface area contributed by atoms with Gasteiger partial charge in [-0.3, -0.25) is 14.2 Å². The third-order valence-corrected chi connectivity index (χ3v) is 6.30. The number of aryl methyl sites for hydroxylation is 1. The second-order valence-corrected chi connectivity index (χ2v) is 8.15. The topological polar surface area (TPSA) is 67.7 Å². The zero-order chi connectivity index (χ0) is 21.4. The van der Waals surface area contributed by atoms with E-state index in [1.165, 1.54) is 0 Å². The Bertz CT molecular complexity index is 1200. The number of rotatable bonds is 3. The molecule has 7 nitrogen and oxygen atoms in total. The molecule has 2 aromatic carbocycles. The number of benzene rings is 2. The first-order valence-electron chi connectivity index (χ1n) is 10.9. The average molecular weight is 418 g/mol. The molecule has 3 aromatic rings. The Balaban J connectivity index is 1.34. The Morgan fingerprint density at radius 1 is 1.00 bits per heavy atom. The summed E-state index contributed by atoms with van der Waals surface area (Å²) in [4.78, 5) is 34.8. The number of hydrogen-bond acceptors (Lipinski definition) is 5. The van der Waals surface area contributed by atoms with Gasteiger partial charge in [-0.05, 0) is 43.2 Å². The number of piperazine rings is 1. The fourth-order valence-electron chi connectivity index (χ4n) is 4.53.